The summed E-state index contributed by atoms with van der Waals surface area (Å²) in [5.41, 5.74) is 4.20. The van der Waals surface area contributed by atoms with Crippen LogP contribution in [-0.2, 0) is 0 Å². The fourth-order valence-electron chi connectivity index (χ4n) is 4.18. The van der Waals surface area contributed by atoms with Gasteiger partial charge >= 0.3 is 5.97 Å². The summed E-state index contributed by atoms with van der Waals surface area (Å²) in [5.74, 6) is -0.827. The largest absolute Gasteiger partial charge is 0.508 e. The summed E-state index contributed by atoms with van der Waals surface area (Å²) in [4.78, 5) is 29.5. The third-order valence-corrected chi connectivity index (χ3v) is 6.11. The Labute approximate surface area is 217 Å². The van der Waals surface area contributed by atoms with Crippen LogP contribution in [0.15, 0.2) is 97.1 Å². The Kier molecular flexibility index (Phi) is 7.58. The van der Waals surface area contributed by atoms with Crippen LogP contribution >= 0.6 is 0 Å². The zero-order chi connectivity index (χ0) is 26.5. The van der Waals surface area contributed by atoms with Gasteiger partial charge in [-0.15, -0.1) is 0 Å². The van der Waals surface area contributed by atoms with Crippen LogP contribution in [0.25, 0.3) is 0 Å². The third-order valence-electron chi connectivity index (χ3n) is 6.11. The number of aromatic hydroxyl groups is 1. The Morgan fingerprint density at radius 2 is 1.27 bits per heavy atom. The predicted molar refractivity (Wildman–Crippen MR) is 148 cm³/mol. The molecule has 0 spiro atoms. The van der Waals surface area contributed by atoms with Crippen molar-refractivity contribution in [1.29, 1.82) is 0 Å². The highest BCUT2D eigenvalue weighted by atomic mass is 16.4. The fraction of sp³-hybridized carbons (Fsp3) is 0.161. The number of carbonyl (C=O) groups is 2. The lowest BCUT2D eigenvalue weighted by Crippen LogP contribution is -2.23. The van der Waals surface area contributed by atoms with E-state index in [-0.39, 0.29) is 17.1 Å². The number of hydrogen-bond donors (Lipinski definition) is 2. The standard InChI is InChI=1S/C31H30N2O4/c1-21(2)20-33(27-7-5-4-6-8-27)28-18-23(17-24(19-28)31(36)37)30(35)22-9-11-25(12-10-22)32(3)26-13-15-29(34)16-14-26/h4-19,21,34H,20H2,1-3H3,(H,36,37). The minimum absolute atomic E-state index is 0.0641. The summed E-state index contributed by atoms with van der Waals surface area (Å²) >= 11 is 0. The SMILES string of the molecule is CC(C)CN(c1ccccc1)c1cc(C(=O)O)cc(C(=O)c2ccc(N(C)c3ccc(O)cc3)cc2)c1. The molecule has 0 fully saturated rings. The highest BCUT2D eigenvalue weighted by Crippen LogP contribution is 2.30. The Bertz CT molecular complexity index is 1380. The van der Waals surface area contributed by atoms with Gasteiger partial charge in [0.1, 0.15) is 5.75 Å². The molecular weight excluding hydrogens is 464 g/mol. The molecule has 4 aromatic carbocycles. The number of ketones is 1. The van der Waals surface area contributed by atoms with E-state index in [1.54, 1.807) is 36.4 Å². The van der Waals surface area contributed by atoms with Crippen LogP contribution in [0.5, 0.6) is 5.75 Å². The van der Waals surface area contributed by atoms with Crippen LogP contribution in [0, 0.1) is 5.92 Å². The molecule has 0 amide bonds. The van der Waals surface area contributed by atoms with Crippen molar-refractivity contribution in [3.8, 4) is 5.75 Å². The van der Waals surface area contributed by atoms with E-state index in [1.165, 1.54) is 6.07 Å². The average molecular weight is 495 g/mol. The van der Waals surface area contributed by atoms with E-state index in [0.717, 1.165) is 17.1 Å². The molecule has 188 valence electrons. The monoisotopic (exact) mass is 494 g/mol. The molecule has 0 saturated heterocycles. The minimum Gasteiger partial charge on any atom is -0.508 e. The van der Waals surface area contributed by atoms with Crippen molar-refractivity contribution in [2.45, 2.75) is 13.8 Å². The molecule has 0 atom stereocenters. The van der Waals surface area contributed by atoms with Crippen molar-refractivity contribution >= 4 is 34.5 Å². The first-order valence-electron chi connectivity index (χ1n) is 12.1. The summed E-state index contributed by atoms with van der Waals surface area (Å²) in [6.07, 6.45) is 0. The van der Waals surface area contributed by atoms with Crippen molar-refractivity contribution < 1.29 is 19.8 Å². The lowest BCUT2D eigenvalue weighted by atomic mass is 9.99. The number of hydrogen-bond acceptors (Lipinski definition) is 5. The maximum atomic E-state index is 13.5. The number of phenols is 1. The first-order chi connectivity index (χ1) is 17.7. The van der Waals surface area contributed by atoms with E-state index in [4.69, 9.17) is 0 Å². The van der Waals surface area contributed by atoms with Gasteiger partial charge in [-0.3, -0.25) is 4.79 Å². The number of rotatable bonds is 9. The van der Waals surface area contributed by atoms with Crippen molar-refractivity contribution in [2.75, 3.05) is 23.4 Å². The normalized spacial score (nSPS) is 10.8. The second kappa shape index (κ2) is 11.0. The van der Waals surface area contributed by atoms with Gasteiger partial charge in [0.05, 0.1) is 5.56 Å². The van der Waals surface area contributed by atoms with Gasteiger partial charge < -0.3 is 20.0 Å². The Morgan fingerprint density at radius 1 is 0.703 bits per heavy atom. The molecule has 0 aromatic heterocycles. The van der Waals surface area contributed by atoms with E-state index in [2.05, 4.69) is 13.8 Å². The van der Waals surface area contributed by atoms with Crippen molar-refractivity contribution in [2.24, 2.45) is 5.92 Å². The maximum Gasteiger partial charge on any atom is 0.335 e. The molecule has 6 heteroatoms. The van der Waals surface area contributed by atoms with E-state index in [9.17, 15) is 19.8 Å². The van der Waals surface area contributed by atoms with Gasteiger partial charge in [-0.1, -0.05) is 32.0 Å². The Morgan fingerprint density at radius 3 is 1.84 bits per heavy atom. The number of para-hydroxylation sites is 1. The Balaban J connectivity index is 1.68. The zero-order valence-corrected chi connectivity index (χ0v) is 21.1. The summed E-state index contributed by atoms with van der Waals surface area (Å²) in [5, 5.41) is 19.3. The lowest BCUT2D eigenvalue weighted by Gasteiger charge is -2.27. The molecule has 0 unspecified atom stereocenters. The van der Waals surface area contributed by atoms with Gasteiger partial charge in [0.2, 0.25) is 0 Å². The third kappa shape index (κ3) is 5.98. The number of carboxylic acid groups (broad SMARTS) is 1. The second-order valence-corrected chi connectivity index (χ2v) is 9.37. The number of benzene rings is 4. The summed E-state index contributed by atoms with van der Waals surface area (Å²) in [7, 11) is 1.90. The van der Waals surface area contributed by atoms with E-state index >= 15 is 0 Å². The van der Waals surface area contributed by atoms with Crippen LogP contribution in [0.1, 0.15) is 40.1 Å². The lowest BCUT2D eigenvalue weighted by molar-refractivity contribution is 0.0697. The number of aromatic carboxylic acids is 1. The molecule has 0 aliphatic rings. The quantitative estimate of drug-likeness (QED) is 0.247. The van der Waals surface area contributed by atoms with E-state index < -0.39 is 5.97 Å². The van der Waals surface area contributed by atoms with Gasteiger partial charge in [-0.2, -0.15) is 0 Å². The smallest absolute Gasteiger partial charge is 0.335 e. The van der Waals surface area contributed by atoms with Crippen LogP contribution in [0.4, 0.5) is 22.7 Å². The van der Waals surface area contributed by atoms with Crippen LogP contribution in [-0.4, -0.2) is 35.6 Å². The first-order valence-corrected chi connectivity index (χ1v) is 12.1. The van der Waals surface area contributed by atoms with E-state index in [0.29, 0.717) is 29.3 Å². The van der Waals surface area contributed by atoms with Crippen molar-refractivity contribution in [3.63, 3.8) is 0 Å². The van der Waals surface area contributed by atoms with Gasteiger partial charge in [0.15, 0.2) is 5.78 Å². The average Bonchev–Trinajstić information content (AvgIpc) is 2.91. The molecule has 0 aliphatic carbocycles. The number of carbonyl (C=O) groups excluding carboxylic acids is 1. The first kappa shape index (κ1) is 25.5. The summed E-state index contributed by atoms with van der Waals surface area (Å²) in [6, 6.07) is 28.6. The molecule has 6 nitrogen and oxygen atoms in total. The summed E-state index contributed by atoms with van der Waals surface area (Å²) in [6.45, 7) is 4.86. The molecule has 0 aliphatic heterocycles. The molecule has 0 saturated carbocycles. The minimum atomic E-state index is -1.08. The summed E-state index contributed by atoms with van der Waals surface area (Å²) < 4.78 is 0. The molecule has 4 aromatic rings. The number of phenolic OH excluding ortho intramolecular Hbond substituents is 1. The van der Waals surface area contributed by atoms with Gasteiger partial charge in [-0.05, 0) is 84.8 Å². The van der Waals surface area contributed by atoms with Gasteiger partial charge in [0.25, 0.3) is 0 Å². The number of carboxylic acids is 1. The number of anilines is 4. The van der Waals surface area contributed by atoms with Gasteiger partial charge in [0, 0.05) is 47.5 Å². The molecule has 0 radical (unpaired) electrons. The van der Waals surface area contributed by atoms with Crippen LogP contribution < -0.4 is 9.80 Å². The molecule has 37 heavy (non-hydrogen) atoms. The predicted octanol–water partition coefficient (Wildman–Crippen LogP) is 6.88. The zero-order valence-electron chi connectivity index (χ0n) is 21.1. The molecule has 0 bridgehead atoms. The molecule has 2 N–H and O–H groups in total. The second-order valence-electron chi connectivity index (χ2n) is 9.37. The molecule has 4 rings (SSSR count). The van der Waals surface area contributed by atoms with E-state index in [1.807, 2.05) is 71.4 Å². The van der Waals surface area contributed by atoms with Crippen LogP contribution in [0.3, 0.4) is 0 Å². The number of nitrogens with zero attached hydrogens (tertiary/aromatic N) is 2. The maximum absolute atomic E-state index is 13.5. The van der Waals surface area contributed by atoms with Crippen LogP contribution in [0.2, 0.25) is 0 Å². The highest BCUT2D eigenvalue weighted by molar-refractivity contribution is 6.10. The molecular formula is C31H30N2O4. The topological polar surface area (TPSA) is 81.1 Å². The van der Waals surface area contributed by atoms with Gasteiger partial charge in [-0.25, -0.2) is 4.79 Å². The molecule has 0 heterocycles. The fourth-order valence-corrected chi connectivity index (χ4v) is 4.18. The van der Waals surface area contributed by atoms with Crippen molar-refractivity contribution in [3.05, 3.63) is 114 Å². The Hall–Kier alpha value is -4.58. The van der Waals surface area contributed by atoms with Crippen molar-refractivity contribution in [1.82, 2.24) is 0 Å². The highest BCUT2D eigenvalue weighted by Gasteiger charge is 2.19.